The highest BCUT2D eigenvalue weighted by atomic mass is 35.5. The molecule has 1 heterocycles. The predicted octanol–water partition coefficient (Wildman–Crippen LogP) is 4.30. The lowest BCUT2D eigenvalue weighted by Gasteiger charge is -2.05. The van der Waals surface area contributed by atoms with E-state index >= 15 is 0 Å². The number of benzene rings is 1. The third-order valence-electron chi connectivity index (χ3n) is 2.31. The maximum Gasteiger partial charge on any atom is 0.288 e. The lowest BCUT2D eigenvalue weighted by molar-refractivity contribution is 0.102. The van der Waals surface area contributed by atoms with E-state index in [0.717, 1.165) is 0 Å². The summed E-state index contributed by atoms with van der Waals surface area (Å²) in [6.07, 6.45) is 1.42. The molecule has 104 valence electrons. The standard InChI is InChI=1S/C13H9ClF2N2OS/c14-9-3-6-11(17-7-9)18-12(19)8-1-4-10(5-2-8)20-13(15)16/h1-7,13H,(H,17,18,19). The molecule has 0 aliphatic heterocycles. The molecule has 0 saturated heterocycles. The smallest absolute Gasteiger partial charge is 0.288 e. The van der Waals surface area contributed by atoms with Gasteiger partial charge < -0.3 is 5.32 Å². The molecule has 0 bridgehead atoms. The fourth-order valence-corrected chi connectivity index (χ4v) is 2.04. The van der Waals surface area contributed by atoms with E-state index in [1.54, 1.807) is 12.1 Å². The number of nitrogens with one attached hydrogen (secondary N) is 1. The fraction of sp³-hybridized carbons (Fsp3) is 0.0769. The number of hydrogen-bond acceptors (Lipinski definition) is 3. The van der Waals surface area contributed by atoms with Crippen molar-refractivity contribution in [2.45, 2.75) is 10.7 Å². The van der Waals surface area contributed by atoms with Gasteiger partial charge in [-0.05, 0) is 36.4 Å². The Labute approximate surface area is 123 Å². The summed E-state index contributed by atoms with van der Waals surface area (Å²) in [5, 5.41) is 3.05. The maximum absolute atomic E-state index is 12.2. The molecule has 0 fully saturated rings. The lowest BCUT2D eigenvalue weighted by Crippen LogP contribution is -2.12. The van der Waals surface area contributed by atoms with Crippen molar-refractivity contribution in [2.75, 3.05) is 5.32 Å². The van der Waals surface area contributed by atoms with Gasteiger partial charge >= 0.3 is 0 Å². The number of hydrogen-bond donors (Lipinski definition) is 1. The molecule has 7 heteroatoms. The Balaban J connectivity index is 2.03. The van der Waals surface area contributed by atoms with Gasteiger partial charge in [0.05, 0.1) is 5.02 Å². The highest BCUT2D eigenvalue weighted by molar-refractivity contribution is 7.99. The van der Waals surface area contributed by atoms with Gasteiger partial charge in [-0.2, -0.15) is 8.78 Å². The van der Waals surface area contributed by atoms with Gasteiger partial charge in [-0.3, -0.25) is 4.79 Å². The third-order valence-corrected chi connectivity index (χ3v) is 3.26. The first-order chi connectivity index (χ1) is 9.54. The van der Waals surface area contributed by atoms with Crippen molar-refractivity contribution in [3.63, 3.8) is 0 Å². The van der Waals surface area contributed by atoms with Gasteiger partial charge in [0.2, 0.25) is 0 Å². The van der Waals surface area contributed by atoms with Crippen molar-refractivity contribution in [2.24, 2.45) is 0 Å². The zero-order valence-electron chi connectivity index (χ0n) is 10.0. The Morgan fingerprint density at radius 3 is 2.45 bits per heavy atom. The molecule has 0 unspecified atom stereocenters. The van der Waals surface area contributed by atoms with E-state index in [9.17, 15) is 13.6 Å². The minimum atomic E-state index is -2.48. The lowest BCUT2D eigenvalue weighted by atomic mass is 10.2. The molecule has 1 aromatic heterocycles. The summed E-state index contributed by atoms with van der Waals surface area (Å²) in [6.45, 7) is 0. The summed E-state index contributed by atoms with van der Waals surface area (Å²) in [5.41, 5.74) is 0.361. The van der Waals surface area contributed by atoms with Crippen LogP contribution in [0.3, 0.4) is 0 Å². The van der Waals surface area contributed by atoms with Crippen LogP contribution in [0.5, 0.6) is 0 Å². The van der Waals surface area contributed by atoms with Crippen LogP contribution in [0.25, 0.3) is 0 Å². The second-order valence-electron chi connectivity index (χ2n) is 3.72. The first-order valence-electron chi connectivity index (χ1n) is 5.52. The number of carbonyl (C=O) groups excluding carboxylic acids is 1. The summed E-state index contributed by atoms with van der Waals surface area (Å²) in [7, 11) is 0. The zero-order valence-corrected chi connectivity index (χ0v) is 11.6. The largest absolute Gasteiger partial charge is 0.307 e. The van der Waals surface area contributed by atoms with Gasteiger partial charge in [-0.1, -0.05) is 23.4 Å². The summed E-state index contributed by atoms with van der Waals surface area (Å²) in [5.74, 6) is -2.48. The van der Waals surface area contributed by atoms with Crippen LogP contribution < -0.4 is 5.32 Å². The van der Waals surface area contributed by atoms with E-state index < -0.39 is 5.76 Å². The highest BCUT2D eigenvalue weighted by Crippen LogP contribution is 2.25. The molecule has 0 aliphatic rings. The zero-order chi connectivity index (χ0) is 14.5. The number of thioether (sulfide) groups is 1. The minimum Gasteiger partial charge on any atom is -0.307 e. The summed E-state index contributed by atoms with van der Waals surface area (Å²) in [4.78, 5) is 16.2. The Kier molecular flexibility index (Phi) is 4.92. The van der Waals surface area contributed by atoms with Gasteiger partial charge in [0.15, 0.2) is 0 Å². The molecule has 1 N–H and O–H groups in total. The number of anilines is 1. The van der Waals surface area contributed by atoms with E-state index in [1.807, 2.05) is 0 Å². The molecule has 2 rings (SSSR count). The molecule has 1 amide bonds. The molecule has 0 aliphatic carbocycles. The van der Waals surface area contributed by atoms with Crippen molar-refractivity contribution >= 4 is 35.1 Å². The van der Waals surface area contributed by atoms with Crippen molar-refractivity contribution in [3.8, 4) is 0 Å². The summed E-state index contributed by atoms with van der Waals surface area (Å²) >= 11 is 6.12. The number of carbonyl (C=O) groups is 1. The molecule has 2 aromatic rings. The van der Waals surface area contributed by atoms with Crippen LogP contribution in [0.15, 0.2) is 47.5 Å². The van der Waals surface area contributed by atoms with Crippen molar-refractivity contribution in [1.29, 1.82) is 0 Å². The van der Waals surface area contributed by atoms with Crippen molar-refractivity contribution in [1.82, 2.24) is 4.98 Å². The SMILES string of the molecule is O=C(Nc1ccc(Cl)cn1)c1ccc(SC(F)F)cc1. The fourth-order valence-electron chi connectivity index (χ4n) is 1.43. The predicted molar refractivity (Wildman–Crippen MR) is 75.5 cm³/mol. The molecule has 0 radical (unpaired) electrons. The second kappa shape index (κ2) is 6.67. The minimum absolute atomic E-state index is 0.361. The summed E-state index contributed by atoms with van der Waals surface area (Å²) < 4.78 is 24.3. The molecule has 3 nitrogen and oxygen atoms in total. The van der Waals surface area contributed by atoms with E-state index in [0.29, 0.717) is 33.1 Å². The van der Waals surface area contributed by atoms with Crippen molar-refractivity contribution < 1.29 is 13.6 Å². The Hall–Kier alpha value is -1.66. The van der Waals surface area contributed by atoms with Crippen LogP contribution in [-0.4, -0.2) is 16.6 Å². The number of alkyl halides is 2. The van der Waals surface area contributed by atoms with Gasteiger partial charge in [0.1, 0.15) is 5.82 Å². The molecular weight excluding hydrogens is 306 g/mol. The third kappa shape index (κ3) is 4.18. The molecule has 0 spiro atoms. The van der Waals surface area contributed by atoms with Crippen LogP contribution in [0.4, 0.5) is 14.6 Å². The van der Waals surface area contributed by atoms with Crippen LogP contribution >= 0.6 is 23.4 Å². The van der Waals surface area contributed by atoms with Crippen LogP contribution in [-0.2, 0) is 0 Å². The number of pyridine rings is 1. The quantitative estimate of drug-likeness (QED) is 0.855. The number of amides is 1. The van der Waals surface area contributed by atoms with E-state index in [1.165, 1.54) is 30.5 Å². The van der Waals surface area contributed by atoms with E-state index in [2.05, 4.69) is 10.3 Å². The van der Waals surface area contributed by atoms with E-state index in [-0.39, 0.29) is 5.91 Å². The van der Waals surface area contributed by atoms with Gasteiger partial charge in [-0.25, -0.2) is 4.98 Å². The van der Waals surface area contributed by atoms with Crippen LogP contribution in [0.2, 0.25) is 5.02 Å². The van der Waals surface area contributed by atoms with Crippen LogP contribution in [0, 0.1) is 0 Å². The first-order valence-corrected chi connectivity index (χ1v) is 6.78. The highest BCUT2D eigenvalue weighted by Gasteiger charge is 2.09. The molecular formula is C13H9ClF2N2OS. The monoisotopic (exact) mass is 314 g/mol. The number of nitrogens with zero attached hydrogens (tertiary/aromatic N) is 1. The molecule has 20 heavy (non-hydrogen) atoms. The number of aromatic nitrogens is 1. The van der Waals surface area contributed by atoms with Crippen molar-refractivity contribution in [3.05, 3.63) is 53.2 Å². The van der Waals surface area contributed by atoms with Gasteiger partial charge in [-0.15, -0.1) is 0 Å². The first kappa shape index (κ1) is 14.7. The molecule has 0 atom stereocenters. The molecule has 0 saturated carbocycles. The second-order valence-corrected chi connectivity index (χ2v) is 5.22. The maximum atomic E-state index is 12.2. The van der Waals surface area contributed by atoms with Gasteiger partial charge in [0, 0.05) is 16.7 Å². The molecule has 1 aromatic carbocycles. The normalized spacial score (nSPS) is 10.6. The number of halogens is 3. The summed E-state index contributed by atoms with van der Waals surface area (Å²) in [6, 6.07) is 9.09. The van der Waals surface area contributed by atoms with Crippen LogP contribution in [0.1, 0.15) is 10.4 Å². The Bertz CT molecular complexity index is 590. The topological polar surface area (TPSA) is 42.0 Å². The van der Waals surface area contributed by atoms with Gasteiger partial charge in [0.25, 0.3) is 11.7 Å². The Morgan fingerprint density at radius 2 is 1.90 bits per heavy atom. The number of rotatable bonds is 4. The van der Waals surface area contributed by atoms with E-state index in [4.69, 9.17) is 11.6 Å². The average Bonchev–Trinajstić information content (AvgIpc) is 2.41. The average molecular weight is 315 g/mol. The Morgan fingerprint density at radius 1 is 1.20 bits per heavy atom.